The van der Waals surface area contributed by atoms with E-state index in [0.717, 1.165) is 23.8 Å². The van der Waals surface area contributed by atoms with Gasteiger partial charge in [-0.15, -0.1) is 0 Å². The first-order chi connectivity index (χ1) is 34.7. The summed E-state index contributed by atoms with van der Waals surface area (Å²) in [7, 11) is 0. The molecule has 0 saturated carbocycles. The molecule has 5 atom stereocenters. The molecule has 1 heterocycles. The molecule has 0 spiro atoms. The Balaban J connectivity index is 1.99. The van der Waals surface area contributed by atoms with E-state index in [9.17, 15) is 62.5 Å². The summed E-state index contributed by atoms with van der Waals surface area (Å²) < 4.78 is 31.7. The van der Waals surface area contributed by atoms with Crippen molar-refractivity contribution in [3.8, 4) is 11.1 Å². The third kappa shape index (κ3) is 19.5. The van der Waals surface area contributed by atoms with Gasteiger partial charge in [-0.1, -0.05) is 65.0 Å². The first-order valence-corrected chi connectivity index (χ1v) is 23.9. The second-order valence-electron chi connectivity index (χ2n) is 19.2. The molecule has 6 amide bonds. The van der Waals surface area contributed by atoms with Crippen LogP contribution < -0.4 is 26.6 Å². The number of halogens is 2. The lowest BCUT2D eigenvalue weighted by Crippen LogP contribution is -2.55. The lowest BCUT2D eigenvalue weighted by molar-refractivity contribution is -0.143. The minimum Gasteiger partial charge on any atom is -0.481 e. The predicted molar refractivity (Wildman–Crippen MR) is 262 cm³/mol. The number of benzene rings is 2. The largest absolute Gasteiger partial charge is 0.481 e. The number of Topliss-reactive ketones (excluding diaryl/α,β-unsaturated/α-hetero) is 1. The Bertz CT molecular complexity index is 2490. The monoisotopic (exact) mass is 1040 g/mol. The van der Waals surface area contributed by atoms with E-state index in [1.54, 1.807) is 51.4 Å². The van der Waals surface area contributed by atoms with Crippen LogP contribution >= 0.6 is 0 Å². The molecule has 0 fully saturated rings. The van der Waals surface area contributed by atoms with E-state index in [-0.39, 0.29) is 43.5 Å². The van der Waals surface area contributed by atoms with Gasteiger partial charge in [0.25, 0.3) is 0 Å². The maximum absolute atomic E-state index is 15.3. The Morgan fingerprint density at radius 3 is 1.97 bits per heavy atom. The number of carbonyl (C=O) groups is 10. The van der Waals surface area contributed by atoms with E-state index in [0.29, 0.717) is 5.69 Å². The molecule has 0 aliphatic heterocycles. The average Bonchev–Trinajstić information content (AvgIpc) is 3.73. The van der Waals surface area contributed by atoms with E-state index in [1.165, 1.54) is 11.8 Å². The minimum absolute atomic E-state index is 0.0661. The lowest BCUT2D eigenvalue weighted by Gasteiger charge is -2.41. The SMILES string of the molecule is CC(C)[C@H](CC(=O)CNC(=O)CCC(=O)O)C(=O)N[C@@H](C)C(=O)N[C@@H](CCN(C(=O)CO)[C@@H](c1cc(-c2cc(F)ccc2F)cn1Cc1ccccc1)C(C)(C)C)C(=O)NCCC(=O)N[C@H](CCC(=O)O)C(=O)O. The second-order valence-corrected chi connectivity index (χ2v) is 19.2. The van der Waals surface area contributed by atoms with Crippen molar-refractivity contribution in [2.45, 2.75) is 117 Å². The number of carbonyl (C=O) groups excluding carboxylic acids is 7. The number of carboxylic acids is 3. The number of aliphatic hydroxyl groups excluding tert-OH is 1. The number of aromatic nitrogens is 1. The van der Waals surface area contributed by atoms with Crippen LogP contribution in [0.3, 0.4) is 0 Å². The smallest absolute Gasteiger partial charge is 0.326 e. The fourth-order valence-corrected chi connectivity index (χ4v) is 7.99. The summed E-state index contributed by atoms with van der Waals surface area (Å²) in [6.45, 7) is 7.92. The summed E-state index contributed by atoms with van der Waals surface area (Å²) in [6, 6.07) is 8.30. The molecule has 0 bridgehead atoms. The second kappa shape index (κ2) is 28.6. The fraction of sp³-hybridized carbons (Fsp3) is 0.490. The van der Waals surface area contributed by atoms with Gasteiger partial charge in [0.05, 0.1) is 19.0 Å². The van der Waals surface area contributed by atoms with Crippen LogP contribution in [0.5, 0.6) is 0 Å². The summed E-state index contributed by atoms with van der Waals surface area (Å²) in [5.41, 5.74) is 0.547. The van der Waals surface area contributed by atoms with Gasteiger partial charge in [0, 0.05) is 74.3 Å². The first kappa shape index (κ1) is 60.7. The van der Waals surface area contributed by atoms with Crippen molar-refractivity contribution in [2.75, 3.05) is 26.2 Å². The standard InChI is InChI=1S/C51H67F2N7O14/c1-29(2)35(24-34(62)25-55-41(63)15-17-45(68)69)48(71)56-30(3)47(70)58-38(49(72)54-20-18-42(64)57-39(50(73)74)14-16-44(66)67)19-21-60(43(65)28-61)46(51(4,5)6)40-22-32(36-23-33(52)12-13-37(36)53)27-59(40)26-31-10-8-7-9-11-31/h7-13,22-23,27,29-30,35,38-39,46,61H,14-21,24-26,28H2,1-6H3,(H,54,72)(H,55,63)(H,56,71)(H,57,64)(H,58,70)(H,66,67)(H,68,69)(H,73,74)/t30-,35-,38-,39+,46-/m0/s1. The van der Waals surface area contributed by atoms with Crippen LogP contribution in [0.15, 0.2) is 60.8 Å². The highest BCUT2D eigenvalue weighted by Crippen LogP contribution is 2.41. The van der Waals surface area contributed by atoms with Crippen LogP contribution in [0.1, 0.15) is 104 Å². The third-order valence-corrected chi connectivity index (χ3v) is 11.8. The molecule has 23 heteroatoms. The predicted octanol–water partition coefficient (Wildman–Crippen LogP) is 2.92. The molecule has 74 heavy (non-hydrogen) atoms. The number of hydrogen-bond donors (Lipinski definition) is 9. The molecule has 0 aliphatic rings. The molecule has 3 rings (SSSR count). The molecule has 0 aliphatic carbocycles. The molecule has 9 N–H and O–H groups in total. The maximum atomic E-state index is 15.3. The summed E-state index contributed by atoms with van der Waals surface area (Å²) in [5, 5.41) is 49.8. The van der Waals surface area contributed by atoms with Gasteiger partial charge in [0.15, 0.2) is 5.78 Å². The van der Waals surface area contributed by atoms with Gasteiger partial charge in [0.1, 0.15) is 36.4 Å². The maximum Gasteiger partial charge on any atom is 0.326 e. The number of nitrogens with zero attached hydrogens (tertiary/aromatic N) is 2. The zero-order valence-electron chi connectivity index (χ0n) is 42.2. The van der Waals surface area contributed by atoms with Gasteiger partial charge in [-0.2, -0.15) is 0 Å². The van der Waals surface area contributed by atoms with E-state index in [2.05, 4.69) is 26.6 Å². The number of rotatable bonds is 30. The molecule has 0 radical (unpaired) electrons. The Morgan fingerprint density at radius 2 is 1.38 bits per heavy atom. The van der Waals surface area contributed by atoms with Gasteiger partial charge in [-0.3, -0.25) is 43.2 Å². The Hall–Kier alpha value is -7.56. The van der Waals surface area contributed by atoms with Crippen LogP contribution in [0, 0.1) is 28.9 Å². The number of nitrogens with one attached hydrogen (secondary N) is 5. The zero-order chi connectivity index (χ0) is 55.4. The summed E-state index contributed by atoms with van der Waals surface area (Å²) in [4.78, 5) is 128. The molecule has 1 aromatic heterocycles. The lowest BCUT2D eigenvalue weighted by atomic mass is 9.82. The zero-order valence-corrected chi connectivity index (χ0v) is 42.2. The van der Waals surface area contributed by atoms with E-state index >= 15 is 4.39 Å². The quantitative estimate of drug-likeness (QED) is 0.0464. The molecule has 404 valence electrons. The topological polar surface area (TPSA) is 320 Å². The van der Waals surface area contributed by atoms with Crippen LogP contribution in [0.2, 0.25) is 0 Å². The van der Waals surface area contributed by atoms with Gasteiger partial charge in [0.2, 0.25) is 35.4 Å². The van der Waals surface area contributed by atoms with Gasteiger partial charge < -0.3 is 56.5 Å². The highest BCUT2D eigenvalue weighted by molar-refractivity contribution is 5.94. The first-order valence-electron chi connectivity index (χ1n) is 23.9. The molecule has 21 nitrogen and oxygen atoms in total. The molecular weight excluding hydrogens is 973 g/mol. The van der Waals surface area contributed by atoms with Crippen LogP contribution in [0.25, 0.3) is 11.1 Å². The molecular formula is C51H67F2N7O14. The number of aliphatic hydroxyl groups is 1. The number of carboxylic acid groups (broad SMARTS) is 3. The van der Waals surface area contributed by atoms with E-state index in [1.807, 2.05) is 30.3 Å². The van der Waals surface area contributed by atoms with Gasteiger partial charge in [-0.05, 0) is 60.9 Å². The van der Waals surface area contributed by atoms with Gasteiger partial charge in [-0.25, -0.2) is 13.6 Å². The van der Waals surface area contributed by atoms with Crippen LogP contribution in [-0.2, 0) is 54.5 Å². The highest BCUT2D eigenvalue weighted by Gasteiger charge is 2.38. The van der Waals surface area contributed by atoms with Crippen molar-refractivity contribution in [1.29, 1.82) is 0 Å². The summed E-state index contributed by atoms with van der Waals surface area (Å²) in [6.07, 6.45) is -1.41. The Kier molecular flexibility index (Phi) is 23.5. The number of hydrogen-bond acceptors (Lipinski definition) is 11. The van der Waals surface area contributed by atoms with Crippen LogP contribution in [0.4, 0.5) is 8.78 Å². The van der Waals surface area contributed by atoms with Crippen molar-refractivity contribution < 1.29 is 77.2 Å². The highest BCUT2D eigenvalue weighted by atomic mass is 19.1. The van der Waals surface area contributed by atoms with E-state index in [4.69, 9.17) is 10.2 Å². The third-order valence-electron chi connectivity index (χ3n) is 11.8. The number of amides is 6. The molecule has 0 saturated heterocycles. The molecule has 3 aromatic rings. The minimum atomic E-state index is -1.55. The van der Waals surface area contributed by atoms with Crippen molar-refractivity contribution in [2.24, 2.45) is 17.3 Å². The van der Waals surface area contributed by atoms with Crippen molar-refractivity contribution in [3.63, 3.8) is 0 Å². The summed E-state index contributed by atoms with van der Waals surface area (Å²) in [5.74, 6) is -12.3. The summed E-state index contributed by atoms with van der Waals surface area (Å²) >= 11 is 0. The van der Waals surface area contributed by atoms with E-state index < -0.39 is 158 Å². The van der Waals surface area contributed by atoms with Crippen molar-refractivity contribution in [1.82, 2.24) is 36.1 Å². The fourth-order valence-electron chi connectivity index (χ4n) is 7.99. The normalized spacial score (nSPS) is 13.3. The Labute approximate surface area is 426 Å². The van der Waals surface area contributed by atoms with Crippen molar-refractivity contribution >= 4 is 59.1 Å². The number of ketones is 1. The van der Waals surface area contributed by atoms with Crippen molar-refractivity contribution in [3.05, 3.63) is 83.7 Å². The number of aliphatic carboxylic acids is 3. The molecule has 0 unspecified atom stereocenters. The molecule has 2 aromatic carbocycles. The van der Waals surface area contributed by atoms with Crippen LogP contribution in [-0.4, -0.2) is 133 Å². The average molecular weight is 1040 g/mol. The van der Waals surface area contributed by atoms with Gasteiger partial charge >= 0.3 is 17.9 Å². The Morgan fingerprint density at radius 1 is 0.716 bits per heavy atom.